The average molecular weight is 323 g/mol. The van der Waals surface area contributed by atoms with Crippen LogP contribution in [0.5, 0.6) is 11.5 Å². The molecule has 0 aliphatic heterocycles. The van der Waals surface area contributed by atoms with Gasteiger partial charge in [0.05, 0.1) is 14.2 Å². The second kappa shape index (κ2) is 9.02. The highest BCUT2D eigenvalue weighted by Crippen LogP contribution is 2.23. The Morgan fingerprint density at radius 1 is 1.17 bits per heavy atom. The first-order chi connectivity index (χ1) is 10.9. The largest absolute Gasteiger partial charge is 0.497 e. The molecule has 0 spiro atoms. The van der Waals surface area contributed by atoms with Gasteiger partial charge in [-0.2, -0.15) is 0 Å². The molecule has 0 saturated carbocycles. The third-order valence-electron chi connectivity index (χ3n) is 3.85. The summed E-state index contributed by atoms with van der Waals surface area (Å²) in [5.41, 5.74) is 0.895. The summed E-state index contributed by atoms with van der Waals surface area (Å²) in [5, 5.41) is 11.8. The first kappa shape index (κ1) is 18.8. The number of methoxy groups -OCH3 is 2. The molecule has 0 saturated heterocycles. The van der Waals surface area contributed by atoms with Crippen LogP contribution < -0.4 is 14.8 Å². The molecule has 0 bridgehead atoms. The highest BCUT2D eigenvalue weighted by molar-refractivity contribution is 5.83. The predicted octanol–water partition coefficient (Wildman–Crippen LogP) is 2.25. The summed E-state index contributed by atoms with van der Waals surface area (Å²) in [6.07, 6.45) is 1.37. The molecule has 0 heterocycles. The van der Waals surface area contributed by atoms with Crippen LogP contribution >= 0.6 is 0 Å². The van der Waals surface area contributed by atoms with Crippen LogP contribution in [0.25, 0.3) is 0 Å². The molecule has 6 heteroatoms. The molecule has 0 aliphatic rings. The minimum Gasteiger partial charge on any atom is -0.497 e. The monoisotopic (exact) mass is 323 g/mol. The van der Waals surface area contributed by atoms with Crippen LogP contribution in [0.3, 0.4) is 0 Å². The Morgan fingerprint density at radius 2 is 1.74 bits per heavy atom. The van der Waals surface area contributed by atoms with E-state index in [9.17, 15) is 14.7 Å². The maximum absolute atomic E-state index is 12.0. The van der Waals surface area contributed by atoms with E-state index < -0.39 is 12.0 Å². The molecule has 1 rings (SSSR count). The number of carbonyl (C=O) groups excluding carboxylic acids is 1. The second-order valence-corrected chi connectivity index (χ2v) is 5.49. The first-order valence-corrected chi connectivity index (χ1v) is 7.65. The van der Waals surface area contributed by atoms with Crippen molar-refractivity contribution in [2.24, 2.45) is 5.92 Å². The summed E-state index contributed by atoms with van der Waals surface area (Å²) < 4.78 is 10.4. The highest BCUT2D eigenvalue weighted by Gasteiger charge is 2.24. The zero-order valence-corrected chi connectivity index (χ0v) is 14.1. The second-order valence-electron chi connectivity index (χ2n) is 5.49. The molecule has 2 atom stereocenters. The van der Waals surface area contributed by atoms with E-state index in [1.54, 1.807) is 20.3 Å². The summed E-state index contributed by atoms with van der Waals surface area (Å²) >= 11 is 0. The van der Waals surface area contributed by atoms with Crippen molar-refractivity contribution in [1.82, 2.24) is 5.32 Å². The van der Waals surface area contributed by atoms with E-state index in [4.69, 9.17) is 9.47 Å². The molecule has 0 aromatic heterocycles. The van der Waals surface area contributed by atoms with Gasteiger partial charge in [0.15, 0.2) is 0 Å². The van der Waals surface area contributed by atoms with E-state index in [0.717, 1.165) is 5.56 Å². The number of hydrogen-bond acceptors (Lipinski definition) is 4. The van der Waals surface area contributed by atoms with Crippen LogP contribution in [-0.4, -0.2) is 37.2 Å². The third-order valence-corrected chi connectivity index (χ3v) is 3.85. The van der Waals surface area contributed by atoms with Crippen molar-refractivity contribution in [3.63, 3.8) is 0 Å². The number of amides is 1. The van der Waals surface area contributed by atoms with E-state index >= 15 is 0 Å². The number of aryl methyl sites for hydroxylation is 1. The summed E-state index contributed by atoms with van der Waals surface area (Å²) in [6.45, 7) is 3.71. The number of benzene rings is 1. The van der Waals surface area contributed by atoms with Gasteiger partial charge in [0.2, 0.25) is 5.91 Å². The number of rotatable bonds is 9. The quantitative estimate of drug-likeness (QED) is 0.728. The standard InChI is InChI=1S/C17H25NO5/c1-5-11(2)16(17(20)21)18-15(19)7-6-12-8-13(22-3)10-14(9-12)23-4/h8-11,16H,5-7H2,1-4H3,(H,18,19)(H,20,21)/t11-,16-/m0/s1. The Hall–Kier alpha value is -2.24. The van der Waals surface area contributed by atoms with Crippen molar-refractivity contribution >= 4 is 11.9 Å². The predicted molar refractivity (Wildman–Crippen MR) is 86.9 cm³/mol. The maximum Gasteiger partial charge on any atom is 0.326 e. The lowest BCUT2D eigenvalue weighted by Gasteiger charge is -2.20. The van der Waals surface area contributed by atoms with Gasteiger partial charge in [-0.25, -0.2) is 4.79 Å². The number of carbonyl (C=O) groups is 2. The fraction of sp³-hybridized carbons (Fsp3) is 0.529. The van der Waals surface area contributed by atoms with Crippen molar-refractivity contribution in [3.8, 4) is 11.5 Å². The van der Waals surface area contributed by atoms with E-state index in [1.807, 2.05) is 26.0 Å². The Labute approximate surface area is 136 Å². The zero-order valence-electron chi connectivity index (χ0n) is 14.1. The molecule has 128 valence electrons. The van der Waals surface area contributed by atoms with Gasteiger partial charge in [0.25, 0.3) is 0 Å². The van der Waals surface area contributed by atoms with Crippen LogP contribution in [0.2, 0.25) is 0 Å². The molecular weight excluding hydrogens is 298 g/mol. The third kappa shape index (κ3) is 5.81. The van der Waals surface area contributed by atoms with Crippen molar-refractivity contribution in [2.75, 3.05) is 14.2 Å². The Morgan fingerprint density at radius 3 is 2.17 bits per heavy atom. The molecule has 1 aromatic carbocycles. The van der Waals surface area contributed by atoms with Gasteiger partial charge < -0.3 is 19.9 Å². The van der Waals surface area contributed by atoms with Crippen LogP contribution in [-0.2, 0) is 16.0 Å². The summed E-state index contributed by atoms with van der Waals surface area (Å²) in [5.74, 6) is -0.0887. The maximum atomic E-state index is 12.0. The Balaban J connectivity index is 2.67. The molecule has 1 aromatic rings. The van der Waals surface area contributed by atoms with E-state index in [1.165, 1.54) is 0 Å². The average Bonchev–Trinajstić information content (AvgIpc) is 2.56. The van der Waals surface area contributed by atoms with Gasteiger partial charge in [-0.05, 0) is 30.0 Å². The smallest absolute Gasteiger partial charge is 0.326 e. The number of hydrogen-bond donors (Lipinski definition) is 2. The number of ether oxygens (including phenoxy) is 2. The molecule has 6 nitrogen and oxygen atoms in total. The number of nitrogens with one attached hydrogen (secondary N) is 1. The SMILES string of the molecule is CC[C@H](C)[C@H](NC(=O)CCc1cc(OC)cc(OC)c1)C(=O)O. The highest BCUT2D eigenvalue weighted by atomic mass is 16.5. The lowest BCUT2D eigenvalue weighted by atomic mass is 9.99. The van der Waals surface area contributed by atoms with Gasteiger partial charge >= 0.3 is 5.97 Å². The molecule has 23 heavy (non-hydrogen) atoms. The molecule has 1 amide bonds. The first-order valence-electron chi connectivity index (χ1n) is 7.65. The topological polar surface area (TPSA) is 84.9 Å². The van der Waals surface area contributed by atoms with Crippen LogP contribution in [0.4, 0.5) is 0 Å². The van der Waals surface area contributed by atoms with E-state index in [-0.39, 0.29) is 18.2 Å². The van der Waals surface area contributed by atoms with Gasteiger partial charge in [-0.1, -0.05) is 20.3 Å². The zero-order chi connectivity index (χ0) is 17.4. The number of carboxylic acids is 1. The van der Waals surface area contributed by atoms with Crippen LogP contribution in [0, 0.1) is 5.92 Å². The minimum absolute atomic E-state index is 0.117. The lowest BCUT2D eigenvalue weighted by molar-refractivity contribution is -0.143. The van der Waals surface area contributed by atoms with Gasteiger partial charge in [-0.3, -0.25) is 4.79 Å². The van der Waals surface area contributed by atoms with Crippen LogP contribution in [0.1, 0.15) is 32.3 Å². The van der Waals surface area contributed by atoms with Crippen molar-refractivity contribution in [3.05, 3.63) is 23.8 Å². The van der Waals surface area contributed by atoms with Gasteiger partial charge in [-0.15, -0.1) is 0 Å². The molecule has 0 fully saturated rings. The number of aliphatic carboxylic acids is 1. The normalized spacial score (nSPS) is 13.0. The molecule has 2 N–H and O–H groups in total. The summed E-state index contributed by atoms with van der Waals surface area (Å²) in [4.78, 5) is 23.3. The van der Waals surface area contributed by atoms with Crippen molar-refractivity contribution < 1.29 is 24.2 Å². The fourth-order valence-corrected chi connectivity index (χ4v) is 2.20. The van der Waals surface area contributed by atoms with Gasteiger partial charge in [0, 0.05) is 12.5 Å². The van der Waals surface area contributed by atoms with E-state index in [0.29, 0.717) is 24.3 Å². The van der Waals surface area contributed by atoms with Crippen LogP contribution in [0.15, 0.2) is 18.2 Å². The lowest BCUT2D eigenvalue weighted by Crippen LogP contribution is -2.45. The summed E-state index contributed by atoms with van der Waals surface area (Å²) in [7, 11) is 3.13. The Bertz CT molecular complexity index is 522. The van der Waals surface area contributed by atoms with E-state index in [2.05, 4.69) is 5.32 Å². The minimum atomic E-state index is -1.00. The molecular formula is C17H25NO5. The van der Waals surface area contributed by atoms with Gasteiger partial charge in [0.1, 0.15) is 17.5 Å². The summed E-state index contributed by atoms with van der Waals surface area (Å²) in [6, 6.07) is 4.57. The molecule has 0 aliphatic carbocycles. The molecule has 0 unspecified atom stereocenters. The Kier molecular flexibility index (Phi) is 7.38. The number of carboxylic acid groups (broad SMARTS) is 1. The fourth-order valence-electron chi connectivity index (χ4n) is 2.20. The van der Waals surface area contributed by atoms with Crippen molar-refractivity contribution in [1.29, 1.82) is 0 Å². The molecule has 0 radical (unpaired) electrons. The van der Waals surface area contributed by atoms with Crippen molar-refractivity contribution in [2.45, 2.75) is 39.2 Å².